The summed E-state index contributed by atoms with van der Waals surface area (Å²) < 4.78 is 11.9. The van der Waals surface area contributed by atoms with E-state index in [9.17, 15) is 19.5 Å². The molecule has 2 unspecified atom stereocenters. The molecule has 4 aliphatic heterocycles. The maximum atomic E-state index is 14.5. The second-order valence-corrected chi connectivity index (χ2v) is 10.5. The molecule has 8 heteroatoms. The van der Waals surface area contributed by atoms with Crippen molar-refractivity contribution in [2.75, 3.05) is 24.7 Å². The smallest absolute Gasteiger partial charge is 0.313 e. The van der Waals surface area contributed by atoms with Gasteiger partial charge >= 0.3 is 5.97 Å². The highest BCUT2D eigenvalue weighted by Gasteiger charge is 2.72. The molecule has 2 aromatic rings. The van der Waals surface area contributed by atoms with Crippen LogP contribution in [-0.4, -0.2) is 71.3 Å². The fraction of sp³-hybridized carbons (Fsp3) is 0.414. The zero-order chi connectivity index (χ0) is 25.9. The first-order chi connectivity index (χ1) is 17.9. The minimum atomic E-state index is -1.35. The fourth-order valence-electron chi connectivity index (χ4n) is 6.46. The third-order valence-electron chi connectivity index (χ3n) is 8.21. The molecule has 4 heterocycles. The molecule has 2 fully saturated rings. The molecule has 6 rings (SSSR count). The topological polar surface area (TPSA) is 96.4 Å². The Morgan fingerprint density at radius 1 is 1.05 bits per heavy atom. The van der Waals surface area contributed by atoms with Crippen molar-refractivity contribution in [2.24, 2.45) is 17.8 Å². The number of hydrogen-bond donors (Lipinski definition) is 1. The molecular formula is C29H30N2O6. The summed E-state index contributed by atoms with van der Waals surface area (Å²) in [4.78, 5) is 44.8. The third kappa shape index (κ3) is 3.46. The summed E-state index contributed by atoms with van der Waals surface area (Å²) in [6.45, 7) is 3.90. The van der Waals surface area contributed by atoms with Crippen LogP contribution in [0, 0.1) is 17.8 Å². The Bertz CT molecular complexity index is 1330. The summed E-state index contributed by atoms with van der Waals surface area (Å²) in [5.74, 6) is -3.10. The molecule has 2 amide bonds. The van der Waals surface area contributed by atoms with E-state index in [4.69, 9.17) is 9.47 Å². The number of fused-ring (bicyclic) bond motifs is 3. The number of cyclic esters (lactones) is 1. The van der Waals surface area contributed by atoms with Crippen molar-refractivity contribution in [3.05, 3.63) is 66.8 Å². The van der Waals surface area contributed by atoms with E-state index in [-0.39, 0.29) is 37.5 Å². The maximum Gasteiger partial charge on any atom is 0.313 e. The van der Waals surface area contributed by atoms with Gasteiger partial charge in [-0.3, -0.25) is 14.4 Å². The number of anilines is 1. The van der Waals surface area contributed by atoms with Gasteiger partial charge in [-0.05, 0) is 34.9 Å². The number of benzene rings is 2. The van der Waals surface area contributed by atoms with Crippen molar-refractivity contribution in [2.45, 2.75) is 37.6 Å². The normalized spacial score (nSPS) is 31.7. The summed E-state index contributed by atoms with van der Waals surface area (Å²) in [5, 5.41) is 12.4. The van der Waals surface area contributed by atoms with Crippen molar-refractivity contribution in [1.29, 1.82) is 0 Å². The van der Waals surface area contributed by atoms with Gasteiger partial charge in [0.15, 0.2) is 0 Å². The molecule has 0 aliphatic carbocycles. The van der Waals surface area contributed by atoms with Gasteiger partial charge in [-0.25, -0.2) is 0 Å². The molecule has 2 aromatic carbocycles. The molecule has 8 nitrogen and oxygen atoms in total. The van der Waals surface area contributed by atoms with Gasteiger partial charge in [0.25, 0.3) is 5.91 Å². The molecule has 0 bridgehead atoms. The quantitative estimate of drug-likeness (QED) is 0.510. The van der Waals surface area contributed by atoms with E-state index in [1.54, 1.807) is 23.1 Å². The molecule has 0 radical (unpaired) electrons. The lowest BCUT2D eigenvalue weighted by Gasteiger charge is -2.39. The van der Waals surface area contributed by atoms with E-state index in [1.165, 1.54) is 4.90 Å². The highest BCUT2D eigenvalue weighted by molar-refractivity contribution is 6.06. The zero-order valence-electron chi connectivity index (χ0n) is 20.8. The van der Waals surface area contributed by atoms with Crippen LogP contribution in [0.1, 0.15) is 13.8 Å². The molecular weight excluding hydrogens is 472 g/mol. The molecule has 192 valence electrons. The summed E-state index contributed by atoms with van der Waals surface area (Å²) >= 11 is 0. The standard InChI is InChI=1S/C29H30N2O6/c1-17(2)21(16-32)31-25-27(34)30(20-11-10-18-7-3-4-8-19(18)15-20)13-6-12-29(25)24(26(31)33)23-22(37-29)9-5-14-36-28(23)35/h3-12,15,17,21-25,32H,13-14,16H2,1-2H3/t21?,22-,23+,24+,25-,29?/m1/s1. The Kier molecular flexibility index (Phi) is 5.69. The van der Waals surface area contributed by atoms with Crippen LogP contribution in [0.2, 0.25) is 0 Å². The zero-order valence-corrected chi connectivity index (χ0v) is 20.8. The first-order valence-electron chi connectivity index (χ1n) is 12.8. The summed E-state index contributed by atoms with van der Waals surface area (Å²) in [6, 6.07) is 12.1. The SMILES string of the molecule is CC(C)C(CO)N1C(=O)[C@@H]2[C@H]3C(=O)OCC=C[C@H]3OC23C=CCN(c2ccc4ccccc4c2)C(=O)[C@@H]13. The van der Waals surface area contributed by atoms with Crippen molar-refractivity contribution in [1.82, 2.24) is 4.90 Å². The van der Waals surface area contributed by atoms with Crippen LogP contribution in [-0.2, 0) is 23.9 Å². The average molecular weight is 503 g/mol. The molecule has 1 spiro atoms. The van der Waals surface area contributed by atoms with Crippen molar-refractivity contribution < 1.29 is 29.0 Å². The number of aliphatic hydroxyl groups excluding tert-OH is 1. The third-order valence-corrected chi connectivity index (χ3v) is 8.21. The van der Waals surface area contributed by atoms with Crippen LogP contribution >= 0.6 is 0 Å². The van der Waals surface area contributed by atoms with E-state index in [0.29, 0.717) is 5.69 Å². The molecule has 6 atom stereocenters. The molecule has 2 saturated heterocycles. The summed E-state index contributed by atoms with van der Waals surface area (Å²) in [5.41, 5.74) is -0.643. The first kappa shape index (κ1) is 23.9. The largest absolute Gasteiger partial charge is 0.461 e. The van der Waals surface area contributed by atoms with E-state index in [2.05, 4.69) is 0 Å². The Labute approximate surface area is 215 Å². The van der Waals surface area contributed by atoms with Gasteiger partial charge in [-0.15, -0.1) is 0 Å². The number of hydrogen-bond acceptors (Lipinski definition) is 6. The molecule has 4 aliphatic rings. The molecule has 0 aromatic heterocycles. The lowest BCUT2D eigenvalue weighted by atomic mass is 9.78. The second kappa shape index (κ2) is 8.82. The van der Waals surface area contributed by atoms with Gasteiger partial charge in [0.2, 0.25) is 5.91 Å². The van der Waals surface area contributed by atoms with Gasteiger partial charge in [-0.2, -0.15) is 0 Å². The Morgan fingerprint density at radius 3 is 2.59 bits per heavy atom. The number of amides is 2. The number of aliphatic hydroxyl groups is 1. The Morgan fingerprint density at radius 2 is 1.84 bits per heavy atom. The summed E-state index contributed by atoms with van der Waals surface area (Å²) in [6.07, 6.45) is 6.44. The minimum absolute atomic E-state index is 0.117. The van der Waals surface area contributed by atoms with Crippen molar-refractivity contribution in [3.8, 4) is 0 Å². The van der Waals surface area contributed by atoms with Crippen LogP contribution in [0.4, 0.5) is 5.69 Å². The van der Waals surface area contributed by atoms with Crippen LogP contribution in [0.15, 0.2) is 66.8 Å². The lowest BCUT2D eigenvalue weighted by Crippen LogP contribution is -2.59. The maximum absolute atomic E-state index is 14.5. The van der Waals surface area contributed by atoms with Gasteiger partial charge in [-0.1, -0.05) is 62.4 Å². The lowest BCUT2D eigenvalue weighted by molar-refractivity contribution is -0.154. The van der Waals surface area contributed by atoms with E-state index in [0.717, 1.165) is 10.8 Å². The van der Waals surface area contributed by atoms with E-state index >= 15 is 0 Å². The molecule has 1 N–H and O–H groups in total. The molecule has 0 saturated carbocycles. The number of likely N-dealkylation sites (tertiary alicyclic amines) is 1. The number of carbonyl (C=O) groups is 3. The summed E-state index contributed by atoms with van der Waals surface area (Å²) in [7, 11) is 0. The monoisotopic (exact) mass is 502 g/mol. The van der Waals surface area contributed by atoms with Crippen LogP contribution in [0.5, 0.6) is 0 Å². The predicted octanol–water partition coefficient (Wildman–Crippen LogP) is 2.45. The number of esters is 1. The van der Waals surface area contributed by atoms with E-state index < -0.39 is 41.6 Å². The van der Waals surface area contributed by atoms with Gasteiger partial charge in [0.1, 0.15) is 24.2 Å². The average Bonchev–Trinajstić information content (AvgIpc) is 3.18. The Hall–Kier alpha value is -3.49. The number of rotatable bonds is 4. The fourth-order valence-corrected chi connectivity index (χ4v) is 6.46. The number of carbonyl (C=O) groups excluding carboxylic acids is 3. The molecule has 37 heavy (non-hydrogen) atoms. The van der Waals surface area contributed by atoms with Gasteiger partial charge < -0.3 is 24.4 Å². The van der Waals surface area contributed by atoms with Gasteiger partial charge in [0, 0.05) is 12.2 Å². The predicted molar refractivity (Wildman–Crippen MR) is 136 cm³/mol. The van der Waals surface area contributed by atoms with Crippen LogP contribution in [0.25, 0.3) is 10.8 Å². The first-order valence-corrected chi connectivity index (χ1v) is 12.8. The second-order valence-electron chi connectivity index (χ2n) is 10.5. The van der Waals surface area contributed by atoms with Gasteiger partial charge in [0.05, 0.1) is 24.7 Å². The highest BCUT2D eigenvalue weighted by atomic mass is 16.6. The highest BCUT2D eigenvalue weighted by Crippen LogP contribution is 2.54. The van der Waals surface area contributed by atoms with Crippen LogP contribution in [0.3, 0.4) is 0 Å². The minimum Gasteiger partial charge on any atom is -0.461 e. The Balaban J connectivity index is 1.49. The van der Waals surface area contributed by atoms with Crippen molar-refractivity contribution >= 4 is 34.2 Å². The number of ether oxygens (including phenoxy) is 2. The number of nitrogens with zero attached hydrogens (tertiary/aromatic N) is 2. The van der Waals surface area contributed by atoms with E-state index in [1.807, 2.05) is 62.4 Å². The van der Waals surface area contributed by atoms with Crippen LogP contribution < -0.4 is 4.90 Å². The van der Waals surface area contributed by atoms with Crippen molar-refractivity contribution in [3.63, 3.8) is 0 Å².